The molecule has 1 aliphatic carbocycles. The van der Waals surface area contributed by atoms with Crippen LogP contribution in [0.3, 0.4) is 0 Å². The molecule has 14 heavy (non-hydrogen) atoms. The molecule has 76 valence electrons. The molecule has 0 aromatic rings. The first-order valence-corrected chi connectivity index (χ1v) is 5.78. The van der Waals surface area contributed by atoms with E-state index in [0.717, 1.165) is 24.5 Å². The molecule has 2 fully saturated rings. The van der Waals surface area contributed by atoms with Gasteiger partial charge in [0.05, 0.1) is 5.75 Å². The summed E-state index contributed by atoms with van der Waals surface area (Å²) in [6, 6.07) is 0. The van der Waals surface area contributed by atoms with Crippen LogP contribution in [-0.2, 0) is 4.79 Å². The Morgan fingerprint density at radius 1 is 1.50 bits per heavy atom. The first-order chi connectivity index (χ1) is 6.74. The summed E-state index contributed by atoms with van der Waals surface area (Å²) in [6.07, 6.45) is 3.31. The predicted octanol–water partition coefficient (Wildman–Crippen LogP) is 1.38. The Bertz CT molecular complexity index is 311. The van der Waals surface area contributed by atoms with Crippen LogP contribution in [-0.4, -0.2) is 22.5 Å². The second-order valence-corrected chi connectivity index (χ2v) is 4.72. The monoisotopic (exact) mass is 211 g/mol. The third kappa shape index (κ3) is 2.35. The summed E-state index contributed by atoms with van der Waals surface area (Å²) in [5.74, 6) is 1.23. The van der Waals surface area contributed by atoms with Gasteiger partial charge < -0.3 is 5.32 Å². The van der Waals surface area contributed by atoms with Crippen LogP contribution in [0.1, 0.15) is 26.2 Å². The molecular weight excluding hydrogens is 198 g/mol. The molecule has 1 unspecified atom stereocenters. The number of carbonyl (C=O) groups is 1. The second kappa shape index (κ2) is 4.13. The molecule has 0 aromatic carbocycles. The molecule has 2 rings (SSSR count). The molecule has 1 N–H and O–H groups in total. The van der Waals surface area contributed by atoms with Gasteiger partial charge in [0.25, 0.3) is 0 Å². The zero-order chi connectivity index (χ0) is 9.97. The molecule has 1 saturated carbocycles. The molecule has 1 atom stereocenters. The summed E-state index contributed by atoms with van der Waals surface area (Å²) in [6.45, 7) is 2.22. The number of hydrogen-bond acceptors (Lipinski definition) is 4. The molecule has 1 aliphatic heterocycles. The van der Waals surface area contributed by atoms with Crippen LogP contribution in [0, 0.1) is 5.92 Å². The van der Waals surface area contributed by atoms with Gasteiger partial charge in [0.15, 0.2) is 5.17 Å². The van der Waals surface area contributed by atoms with Crippen molar-refractivity contribution >= 4 is 28.5 Å². The van der Waals surface area contributed by atoms with Crippen LogP contribution in [0.4, 0.5) is 0 Å². The molecule has 1 amide bonds. The summed E-state index contributed by atoms with van der Waals surface area (Å²) in [5.41, 5.74) is 1.16. The molecular formula is C9H13N3OS. The minimum Gasteiger partial charge on any atom is -0.303 e. The highest BCUT2D eigenvalue weighted by atomic mass is 32.2. The maximum Gasteiger partial charge on any atom is 0.236 e. The lowest BCUT2D eigenvalue weighted by atomic mass is 10.1. The quantitative estimate of drug-likeness (QED) is 0.666. The van der Waals surface area contributed by atoms with Gasteiger partial charge >= 0.3 is 0 Å². The zero-order valence-corrected chi connectivity index (χ0v) is 8.93. The molecule has 0 spiro atoms. The van der Waals surface area contributed by atoms with Crippen LogP contribution < -0.4 is 5.32 Å². The Morgan fingerprint density at radius 3 is 2.93 bits per heavy atom. The summed E-state index contributed by atoms with van der Waals surface area (Å²) >= 11 is 1.42. The van der Waals surface area contributed by atoms with Gasteiger partial charge in [-0.15, -0.1) is 5.10 Å². The van der Waals surface area contributed by atoms with Crippen LogP contribution in [0.2, 0.25) is 0 Å². The smallest absolute Gasteiger partial charge is 0.236 e. The van der Waals surface area contributed by atoms with Crippen molar-refractivity contribution in [3.05, 3.63) is 0 Å². The molecule has 0 aromatic heterocycles. The largest absolute Gasteiger partial charge is 0.303 e. The van der Waals surface area contributed by atoms with Gasteiger partial charge in [-0.25, -0.2) is 0 Å². The van der Waals surface area contributed by atoms with Crippen LogP contribution >= 0.6 is 11.8 Å². The van der Waals surface area contributed by atoms with Crippen LogP contribution in [0.25, 0.3) is 0 Å². The van der Waals surface area contributed by atoms with Gasteiger partial charge in [0, 0.05) is 5.71 Å². The van der Waals surface area contributed by atoms with E-state index in [1.54, 1.807) is 0 Å². The van der Waals surface area contributed by atoms with E-state index in [4.69, 9.17) is 0 Å². The Kier molecular flexibility index (Phi) is 2.86. The lowest BCUT2D eigenvalue weighted by Gasteiger charge is -1.94. The standard InChI is InChI=1S/C9H13N3OS/c1-6-2-3-7(4-6)11-12-9-10-8(13)5-14-9/h6H,2-5H2,1H3,(H,10,12,13)/b11-7-. The van der Waals surface area contributed by atoms with Crippen molar-refractivity contribution in [3.63, 3.8) is 0 Å². The first-order valence-electron chi connectivity index (χ1n) is 4.80. The van der Waals surface area contributed by atoms with Gasteiger partial charge in [0.2, 0.25) is 5.91 Å². The molecule has 2 aliphatic rings. The Balaban J connectivity index is 1.95. The van der Waals surface area contributed by atoms with Crippen molar-refractivity contribution in [1.29, 1.82) is 0 Å². The fourth-order valence-corrected chi connectivity index (χ4v) is 2.23. The van der Waals surface area contributed by atoms with Crippen molar-refractivity contribution in [3.8, 4) is 0 Å². The van der Waals surface area contributed by atoms with Gasteiger partial charge in [0.1, 0.15) is 0 Å². The molecule has 4 nitrogen and oxygen atoms in total. The molecule has 5 heteroatoms. The first kappa shape index (κ1) is 9.71. The van der Waals surface area contributed by atoms with Gasteiger partial charge in [-0.3, -0.25) is 4.79 Å². The maximum absolute atomic E-state index is 10.8. The average Bonchev–Trinajstić information content (AvgIpc) is 2.72. The second-order valence-electron chi connectivity index (χ2n) is 3.76. The molecule has 1 heterocycles. The summed E-state index contributed by atoms with van der Waals surface area (Å²) in [4.78, 5) is 10.8. The topological polar surface area (TPSA) is 53.8 Å². The Morgan fingerprint density at radius 2 is 2.36 bits per heavy atom. The van der Waals surface area contributed by atoms with Gasteiger partial charge in [-0.2, -0.15) is 5.10 Å². The minimum absolute atomic E-state index is 0.0220. The highest BCUT2D eigenvalue weighted by Crippen LogP contribution is 2.22. The Hall–Kier alpha value is -0.840. The third-order valence-electron chi connectivity index (χ3n) is 2.38. The summed E-state index contributed by atoms with van der Waals surface area (Å²) in [7, 11) is 0. The highest BCUT2D eigenvalue weighted by molar-refractivity contribution is 8.15. The number of rotatable bonds is 1. The van der Waals surface area contributed by atoms with Crippen molar-refractivity contribution in [2.24, 2.45) is 16.1 Å². The Labute approximate surface area is 87.2 Å². The van der Waals surface area contributed by atoms with E-state index in [1.807, 2.05) is 0 Å². The SMILES string of the molecule is CC1CC/C(=N/N=C2\NC(=O)CS2)C1. The summed E-state index contributed by atoms with van der Waals surface area (Å²) in [5, 5.41) is 11.5. The van der Waals surface area contributed by atoms with E-state index in [1.165, 1.54) is 18.2 Å². The summed E-state index contributed by atoms with van der Waals surface area (Å²) < 4.78 is 0. The number of hydrogen-bond donors (Lipinski definition) is 1. The molecule has 0 radical (unpaired) electrons. The average molecular weight is 211 g/mol. The van der Waals surface area contributed by atoms with Crippen molar-refractivity contribution in [2.45, 2.75) is 26.2 Å². The van der Waals surface area contributed by atoms with E-state index in [9.17, 15) is 4.79 Å². The predicted molar refractivity (Wildman–Crippen MR) is 58.5 cm³/mol. The normalized spacial score (nSPS) is 32.9. The lowest BCUT2D eigenvalue weighted by Crippen LogP contribution is -2.19. The zero-order valence-electron chi connectivity index (χ0n) is 8.12. The van der Waals surface area contributed by atoms with E-state index in [-0.39, 0.29) is 5.91 Å². The van der Waals surface area contributed by atoms with E-state index >= 15 is 0 Å². The van der Waals surface area contributed by atoms with Gasteiger partial charge in [-0.05, 0) is 25.2 Å². The van der Waals surface area contributed by atoms with Crippen LogP contribution in [0.5, 0.6) is 0 Å². The van der Waals surface area contributed by atoms with Gasteiger partial charge in [-0.1, -0.05) is 18.7 Å². The maximum atomic E-state index is 10.8. The lowest BCUT2D eigenvalue weighted by molar-refractivity contribution is -0.116. The molecule has 1 saturated heterocycles. The van der Waals surface area contributed by atoms with Crippen LogP contribution in [0.15, 0.2) is 10.2 Å². The fourth-order valence-electron chi connectivity index (χ4n) is 1.61. The van der Waals surface area contributed by atoms with Crippen molar-refractivity contribution < 1.29 is 4.79 Å². The van der Waals surface area contributed by atoms with E-state index in [2.05, 4.69) is 22.4 Å². The number of amides is 1. The molecule has 0 bridgehead atoms. The van der Waals surface area contributed by atoms with E-state index in [0.29, 0.717) is 10.9 Å². The fraction of sp³-hybridized carbons (Fsp3) is 0.667. The number of carbonyl (C=O) groups excluding carboxylic acids is 1. The number of thioether (sulfide) groups is 1. The number of nitrogens with zero attached hydrogens (tertiary/aromatic N) is 2. The number of nitrogens with one attached hydrogen (secondary N) is 1. The minimum atomic E-state index is 0.0220. The van der Waals surface area contributed by atoms with Crippen molar-refractivity contribution in [1.82, 2.24) is 5.32 Å². The highest BCUT2D eigenvalue weighted by Gasteiger charge is 2.18. The van der Waals surface area contributed by atoms with Crippen molar-refractivity contribution in [2.75, 3.05) is 5.75 Å². The third-order valence-corrected chi connectivity index (χ3v) is 3.24. The van der Waals surface area contributed by atoms with E-state index < -0.39 is 0 Å². The number of amidine groups is 1.